The topological polar surface area (TPSA) is 41.6 Å². The van der Waals surface area contributed by atoms with Crippen LogP contribution in [0.4, 0.5) is 4.79 Å². The molecule has 1 aliphatic rings. The molecule has 1 fully saturated rings. The molecule has 0 aromatic carbocycles. The van der Waals surface area contributed by atoms with Crippen LogP contribution in [0, 0.1) is 0 Å². The minimum Gasteiger partial charge on any atom is -0.356 e. The lowest BCUT2D eigenvalue weighted by Crippen LogP contribution is -2.44. The molecule has 0 aromatic rings. The predicted octanol–water partition coefficient (Wildman–Crippen LogP) is 0.784. The minimum absolute atomic E-state index is 0.0825. The number of amides is 2. The van der Waals surface area contributed by atoms with Gasteiger partial charge in [-0.25, -0.2) is 4.79 Å². The van der Waals surface area contributed by atoms with E-state index in [9.17, 15) is 4.79 Å². The zero-order valence-corrected chi connectivity index (χ0v) is 7.89. The molecule has 1 N–H and O–H groups in total. The Morgan fingerprint density at radius 1 is 1.58 bits per heavy atom. The Morgan fingerprint density at radius 2 is 2.17 bits per heavy atom. The molecule has 0 radical (unpaired) electrons. The van der Waals surface area contributed by atoms with Gasteiger partial charge in [0, 0.05) is 20.7 Å². The van der Waals surface area contributed by atoms with Crippen LogP contribution in [0.5, 0.6) is 0 Å². The van der Waals surface area contributed by atoms with Crippen LogP contribution in [0.15, 0.2) is 0 Å². The van der Waals surface area contributed by atoms with Crippen LogP contribution < -0.4 is 5.32 Å². The molecule has 70 valence electrons. The van der Waals surface area contributed by atoms with Crippen LogP contribution in [-0.2, 0) is 4.74 Å². The van der Waals surface area contributed by atoms with Gasteiger partial charge in [-0.3, -0.25) is 0 Å². The number of carbonyl (C=O) groups excluding carboxylic acids is 1. The maximum atomic E-state index is 11.2. The summed E-state index contributed by atoms with van der Waals surface area (Å²) >= 11 is 0. The van der Waals surface area contributed by atoms with Gasteiger partial charge < -0.3 is 15.0 Å². The van der Waals surface area contributed by atoms with Crippen molar-refractivity contribution < 1.29 is 9.53 Å². The van der Waals surface area contributed by atoms with Crippen molar-refractivity contribution in [1.29, 1.82) is 0 Å². The van der Waals surface area contributed by atoms with Crippen molar-refractivity contribution in [3.8, 4) is 0 Å². The molecule has 4 nitrogen and oxygen atoms in total. The smallest absolute Gasteiger partial charge is 0.319 e. The monoisotopic (exact) mass is 172 g/mol. The molecule has 0 aromatic heterocycles. The molecular formula is C8H16N2O2. The van der Waals surface area contributed by atoms with E-state index in [4.69, 9.17) is 4.74 Å². The molecule has 4 heteroatoms. The van der Waals surface area contributed by atoms with Gasteiger partial charge in [-0.15, -0.1) is 0 Å². The fourth-order valence-corrected chi connectivity index (χ4v) is 1.00. The molecule has 0 saturated heterocycles. The molecule has 0 atom stereocenters. The second-order valence-corrected chi connectivity index (χ2v) is 3.25. The summed E-state index contributed by atoms with van der Waals surface area (Å²) in [6.07, 6.45) is 1.86. The summed E-state index contributed by atoms with van der Waals surface area (Å²) in [5.74, 6) is 0. The first-order valence-electron chi connectivity index (χ1n) is 4.23. The standard InChI is InChI=1S/C8H16N2O2/c1-4-12-8(5-6-8)9-7(11)10(2)3/h4-6H2,1-3H3,(H,9,11). The number of nitrogens with zero attached hydrogens (tertiary/aromatic N) is 1. The summed E-state index contributed by atoms with van der Waals surface area (Å²) in [5, 5.41) is 2.83. The third-order valence-electron chi connectivity index (χ3n) is 1.87. The van der Waals surface area contributed by atoms with Gasteiger partial charge in [-0.1, -0.05) is 0 Å². The van der Waals surface area contributed by atoms with E-state index in [0.717, 1.165) is 12.8 Å². The van der Waals surface area contributed by atoms with Gasteiger partial charge in [0.1, 0.15) is 5.72 Å². The van der Waals surface area contributed by atoms with E-state index in [1.807, 2.05) is 6.92 Å². The Hall–Kier alpha value is -0.770. The van der Waals surface area contributed by atoms with Gasteiger partial charge in [0.05, 0.1) is 0 Å². The van der Waals surface area contributed by atoms with Crippen molar-refractivity contribution in [2.24, 2.45) is 0 Å². The lowest BCUT2D eigenvalue weighted by atomic mass is 10.5. The van der Waals surface area contributed by atoms with Gasteiger partial charge in [-0.2, -0.15) is 0 Å². The molecular weight excluding hydrogens is 156 g/mol. The first-order valence-corrected chi connectivity index (χ1v) is 4.23. The third kappa shape index (κ3) is 2.11. The molecule has 1 saturated carbocycles. The summed E-state index contributed by atoms with van der Waals surface area (Å²) in [4.78, 5) is 12.7. The van der Waals surface area contributed by atoms with Gasteiger partial charge in [0.2, 0.25) is 0 Å². The van der Waals surface area contributed by atoms with E-state index in [2.05, 4.69) is 5.32 Å². The van der Waals surface area contributed by atoms with E-state index in [1.165, 1.54) is 4.90 Å². The average molecular weight is 172 g/mol. The highest BCUT2D eigenvalue weighted by molar-refractivity contribution is 5.74. The molecule has 12 heavy (non-hydrogen) atoms. The van der Waals surface area contributed by atoms with Crippen LogP contribution in [-0.4, -0.2) is 37.4 Å². The number of carbonyl (C=O) groups is 1. The van der Waals surface area contributed by atoms with Crippen molar-refractivity contribution in [2.45, 2.75) is 25.5 Å². The molecule has 0 heterocycles. The largest absolute Gasteiger partial charge is 0.356 e. The normalized spacial score (nSPS) is 18.6. The van der Waals surface area contributed by atoms with Gasteiger partial charge in [0.15, 0.2) is 0 Å². The van der Waals surface area contributed by atoms with E-state index in [0.29, 0.717) is 6.61 Å². The molecule has 1 rings (SSSR count). The van der Waals surface area contributed by atoms with E-state index in [1.54, 1.807) is 14.1 Å². The van der Waals surface area contributed by atoms with E-state index in [-0.39, 0.29) is 11.8 Å². The van der Waals surface area contributed by atoms with Crippen LogP contribution in [0.1, 0.15) is 19.8 Å². The predicted molar refractivity (Wildman–Crippen MR) is 45.8 cm³/mol. The third-order valence-corrected chi connectivity index (χ3v) is 1.87. The fourth-order valence-electron chi connectivity index (χ4n) is 1.00. The lowest BCUT2D eigenvalue weighted by molar-refractivity contribution is 0.0220. The molecule has 0 aliphatic heterocycles. The maximum absolute atomic E-state index is 11.2. The average Bonchev–Trinajstić information content (AvgIpc) is 2.69. The van der Waals surface area contributed by atoms with E-state index < -0.39 is 0 Å². The first-order chi connectivity index (χ1) is 5.59. The number of ether oxygens (including phenoxy) is 1. The molecule has 0 bridgehead atoms. The highest BCUT2D eigenvalue weighted by Crippen LogP contribution is 2.36. The van der Waals surface area contributed by atoms with Crippen molar-refractivity contribution in [3.63, 3.8) is 0 Å². The van der Waals surface area contributed by atoms with Crippen molar-refractivity contribution in [2.75, 3.05) is 20.7 Å². The van der Waals surface area contributed by atoms with Crippen LogP contribution >= 0.6 is 0 Å². The Balaban J connectivity index is 2.35. The Kier molecular flexibility index (Phi) is 2.57. The Bertz CT molecular complexity index is 176. The van der Waals surface area contributed by atoms with Gasteiger partial charge in [0.25, 0.3) is 0 Å². The quantitative estimate of drug-likeness (QED) is 0.639. The van der Waals surface area contributed by atoms with Crippen molar-refractivity contribution in [3.05, 3.63) is 0 Å². The molecule has 0 unspecified atom stereocenters. The lowest BCUT2D eigenvalue weighted by Gasteiger charge is -2.20. The molecule has 1 aliphatic carbocycles. The number of rotatable bonds is 3. The van der Waals surface area contributed by atoms with E-state index >= 15 is 0 Å². The highest BCUT2D eigenvalue weighted by Gasteiger charge is 2.45. The van der Waals surface area contributed by atoms with Crippen LogP contribution in [0.2, 0.25) is 0 Å². The maximum Gasteiger partial charge on any atom is 0.319 e. The molecule has 2 amide bonds. The first kappa shape index (κ1) is 9.32. The highest BCUT2D eigenvalue weighted by atomic mass is 16.5. The summed E-state index contributed by atoms with van der Waals surface area (Å²) < 4.78 is 5.40. The number of nitrogens with one attached hydrogen (secondary N) is 1. The second-order valence-electron chi connectivity index (χ2n) is 3.25. The van der Waals surface area contributed by atoms with Crippen LogP contribution in [0.3, 0.4) is 0 Å². The number of hydrogen-bond acceptors (Lipinski definition) is 2. The molecule has 0 spiro atoms. The summed E-state index contributed by atoms with van der Waals surface area (Å²) in [6, 6.07) is -0.0825. The van der Waals surface area contributed by atoms with Gasteiger partial charge in [-0.05, 0) is 19.8 Å². The fraction of sp³-hybridized carbons (Fsp3) is 0.875. The second kappa shape index (κ2) is 3.31. The summed E-state index contributed by atoms with van der Waals surface area (Å²) in [5.41, 5.74) is -0.337. The van der Waals surface area contributed by atoms with Gasteiger partial charge >= 0.3 is 6.03 Å². The number of urea groups is 1. The summed E-state index contributed by atoms with van der Waals surface area (Å²) in [7, 11) is 3.44. The minimum atomic E-state index is -0.337. The number of hydrogen-bond donors (Lipinski definition) is 1. The van der Waals surface area contributed by atoms with Crippen molar-refractivity contribution in [1.82, 2.24) is 10.2 Å². The van der Waals surface area contributed by atoms with Crippen molar-refractivity contribution >= 4 is 6.03 Å². The Labute approximate surface area is 72.9 Å². The zero-order valence-electron chi connectivity index (χ0n) is 7.89. The summed E-state index contributed by atoms with van der Waals surface area (Å²) in [6.45, 7) is 2.58. The zero-order chi connectivity index (χ0) is 9.19. The van der Waals surface area contributed by atoms with Crippen LogP contribution in [0.25, 0.3) is 0 Å². The SMILES string of the molecule is CCOC1(NC(=O)N(C)C)CC1. The Morgan fingerprint density at radius 3 is 2.50 bits per heavy atom.